The zero-order valence-electron chi connectivity index (χ0n) is 9.82. The predicted molar refractivity (Wildman–Crippen MR) is 61.8 cm³/mol. The van der Waals surface area contributed by atoms with Crippen molar-refractivity contribution in [3.63, 3.8) is 0 Å². The van der Waals surface area contributed by atoms with Crippen molar-refractivity contribution in [2.45, 2.75) is 44.7 Å². The van der Waals surface area contributed by atoms with Gasteiger partial charge in [-0.25, -0.2) is 0 Å². The van der Waals surface area contributed by atoms with E-state index in [0.29, 0.717) is 6.04 Å². The summed E-state index contributed by atoms with van der Waals surface area (Å²) < 4.78 is 5.50. The first-order valence-electron chi connectivity index (χ1n) is 6.35. The molecule has 1 saturated carbocycles. The van der Waals surface area contributed by atoms with E-state index in [1.54, 1.807) is 0 Å². The van der Waals surface area contributed by atoms with Gasteiger partial charge in [-0.3, -0.25) is 4.90 Å². The Balaban J connectivity index is 1.94. The molecule has 3 heteroatoms. The van der Waals surface area contributed by atoms with Gasteiger partial charge in [0, 0.05) is 25.2 Å². The summed E-state index contributed by atoms with van der Waals surface area (Å²) in [5.41, 5.74) is 5.81. The molecule has 3 atom stereocenters. The predicted octanol–water partition coefficient (Wildman–Crippen LogP) is 1.22. The van der Waals surface area contributed by atoms with Crippen LogP contribution in [0.1, 0.15) is 32.6 Å². The minimum Gasteiger partial charge on any atom is -0.378 e. The summed E-state index contributed by atoms with van der Waals surface area (Å²) in [4.78, 5) is 2.61. The van der Waals surface area contributed by atoms with Crippen molar-refractivity contribution in [1.29, 1.82) is 0 Å². The zero-order chi connectivity index (χ0) is 10.7. The van der Waals surface area contributed by atoms with Crippen LogP contribution >= 0.6 is 0 Å². The average molecular weight is 212 g/mol. The Hall–Kier alpha value is -0.120. The first-order chi connectivity index (χ1) is 7.31. The molecular weight excluding hydrogens is 188 g/mol. The lowest BCUT2D eigenvalue weighted by molar-refractivity contribution is -0.0363. The summed E-state index contributed by atoms with van der Waals surface area (Å²) in [7, 11) is 0. The fourth-order valence-corrected chi connectivity index (χ4v) is 3.06. The second-order valence-electron chi connectivity index (χ2n) is 5.13. The normalized spacial score (nSPS) is 39.2. The highest BCUT2D eigenvalue weighted by Crippen LogP contribution is 2.29. The van der Waals surface area contributed by atoms with Crippen LogP contribution in [0.25, 0.3) is 0 Å². The molecule has 2 aliphatic rings. The van der Waals surface area contributed by atoms with Crippen LogP contribution in [-0.4, -0.2) is 43.3 Å². The van der Waals surface area contributed by atoms with Crippen LogP contribution in [0.4, 0.5) is 0 Å². The van der Waals surface area contributed by atoms with Gasteiger partial charge in [0.1, 0.15) is 0 Å². The molecule has 1 saturated heterocycles. The lowest BCUT2D eigenvalue weighted by Gasteiger charge is -2.43. The molecule has 88 valence electrons. The highest BCUT2D eigenvalue weighted by Gasteiger charge is 2.30. The van der Waals surface area contributed by atoms with Gasteiger partial charge in [-0.1, -0.05) is 19.8 Å². The third-order valence-electron chi connectivity index (χ3n) is 3.92. The van der Waals surface area contributed by atoms with E-state index in [-0.39, 0.29) is 0 Å². The molecule has 1 heterocycles. The van der Waals surface area contributed by atoms with Crippen molar-refractivity contribution in [1.82, 2.24) is 4.90 Å². The van der Waals surface area contributed by atoms with Gasteiger partial charge in [0.15, 0.2) is 0 Å². The van der Waals surface area contributed by atoms with Crippen molar-refractivity contribution in [2.75, 3.05) is 26.3 Å². The van der Waals surface area contributed by atoms with Crippen molar-refractivity contribution >= 4 is 0 Å². The summed E-state index contributed by atoms with van der Waals surface area (Å²) in [5, 5.41) is 0. The molecule has 3 unspecified atom stereocenters. The van der Waals surface area contributed by atoms with Crippen molar-refractivity contribution in [2.24, 2.45) is 11.7 Å². The Morgan fingerprint density at radius 3 is 3.00 bits per heavy atom. The molecule has 1 aliphatic carbocycles. The van der Waals surface area contributed by atoms with Crippen LogP contribution in [0.15, 0.2) is 0 Å². The van der Waals surface area contributed by atoms with Crippen molar-refractivity contribution < 1.29 is 4.74 Å². The first-order valence-corrected chi connectivity index (χ1v) is 6.35. The Bertz CT molecular complexity index is 198. The van der Waals surface area contributed by atoms with E-state index >= 15 is 0 Å². The maximum absolute atomic E-state index is 5.81. The molecule has 0 radical (unpaired) electrons. The van der Waals surface area contributed by atoms with Crippen LogP contribution in [0.5, 0.6) is 0 Å². The van der Waals surface area contributed by atoms with Gasteiger partial charge >= 0.3 is 0 Å². The second-order valence-corrected chi connectivity index (χ2v) is 5.13. The Labute approximate surface area is 93.0 Å². The Morgan fingerprint density at radius 2 is 2.27 bits per heavy atom. The number of rotatable bonds is 2. The molecule has 2 fully saturated rings. The monoisotopic (exact) mass is 212 g/mol. The fourth-order valence-electron chi connectivity index (χ4n) is 3.06. The number of nitrogens with two attached hydrogens (primary N) is 1. The molecule has 0 aromatic rings. The first kappa shape index (κ1) is 11.4. The van der Waals surface area contributed by atoms with Crippen LogP contribution in [0, 0.1) is 5.92 Å². The van der Waals surface area contributed by atoms with Crippen LogP contribution < -0.4 is 5.73 Å². The van der Waals surface area contributed by atoms with Crippen LogP contribution in [-0.2, 0) is 4.74 Å². The summed E-state index contributed by atoms with van der Waals surface area (Å²) in [6.07, 6.45) is 5.52. The SMILES string of the molecule is CC1CCCC(N2CCOCC2CN)C1. The molecule has 1 aliphatic heterocycles. The summed E-state index contributed by atoms with van der Waals surface area (Å²) in [6.45, 7) is 5.93. The minimum atomic E-state index is 0.467. The van der Waals surface area contributed by atoms with Gasteiger partial charge in [0.2, 0.25) is 0 Å². The fraction of sp³-hybridized carbons (Fsp3) is 1.00. The van der Waals surface area contributed by atoms with Gasteiger partial charge in [0.25, 0.3) is 0 Å². The number of hydrogen-bond donors (Lipinski definition) is 1. The van der Waals surface area contributed by atoms with E-state index in [4.69, 9.17) is 10.5 Å². The van der Waals surface area contributed by atoms with Crippen LogP contribution in [0.2, 0.25) is 0 Å². The third-order valence-corrected chi connectivity index (χ3v) is 3.92. The molecule has 2 N–H and O–H groups in total. The standard InChI is InChI=1S/C12H24N2O/c1-10-3-2-4-11(7-10)14-5-6-15-9-12(14)8-13/h10-12H,2-9,13H2,1H3. The maximum atomic E-state index is 5.81. The number of ether oxygens (including phenoxy) is 1. The highest BCUT2D eigenvalue weighted by atomic mass is 16.5. The van der Waals surface area contributed by atoms with E-state index in [2.05, 4.69) is 11.8 Å². The van der Waals surface area contributed by atoms with Crippen molar-refractivity contribution in [3.8, 4) is 0 Å². The number of morpholine rings is 1. The Morgan fingerprint density at radius 1 is 1.40 bits per heavy atom. The molecule has 0 bridgehead atoms. The van der Waals surface area contributed by atoms with E-state index in [1.165, 1.54) is 25.7 Å². The molecule has 0 amide bonds. The summed E-state index contributed by atoms with van der Waals surface area (Å²) in [5.74, 6) is 0.894. The quantitative estimate of drug-likeness (QED) is 0.748. The van der Waals surface area contributed by atoms with Gasteiger partial charge in [0.05, 0.1) is 13.2 Å². The summed E-state index contributed by atoms with van der Waals surface area (Å²) in [6, 6.07) is 1.24. The zero-order valence-corrected chi connectivity index (χ0v) is 9.82. The van der Waals surface area contributed by atoms with E-state index in [1.807, 2.05) is 0 Å². The third kappa shape index (κ3) is 2.71. The highest BCUT2D eigenvalue weighted by molar-refractivity contribution is 4.85. The minimum absolute atomic E-state index is 0.467. The largest absolute Gasteiger partial charge is 0.378 e. The average Bonchev–Trinajstić information content (AvgIpc) is 2.29. The molecule has 2 rings (SSSR count). The molecular formula is C12H24N2O. The lowest BCUT2D eigenvalue weighted by Crippen LogP contribution is -2.54. The van der Waals surface area contributed by atoms with Gasteiger partial charge < -0.3 is 10.5 Å². The molecule has 0 aromatic carbocycles. The molecule has 3 nitrogen and oxygen atoms in total. The topological polar surface area (TPSA) is 38.5 Å². The smallest absolute Gasteiger partial charge is 0.0634 e. The van der Waals surface area contributed by atoms with Crippen LogP contribution in [0.3, 0.4) is 0 Å². The number of hydrogen-bond acceptors (Lipinski definition) is 3. The van der Waals surface area contributed by atoms with E-state index in [0.717, 1.165) is 38.3 Å². The Kier molecular flexibility index (Phi) is 4.00. The number of nitrogens with zero attached hydrogens (tertiary/aromatic N) is 1. The van der Waals surface area contributed by atoms with E-state index in [9.17, 15) is 0 Å². The van der Waals surface area contributed by atoms with Gasteiger partial charge in [-0.05, 0) is 18.8 Å². The molecule has 0 aromatic heterocycles. The van der Waals surface area contributed by atoms with Crippen molar-refractivity contribution in [3.05, 3.63) is 0 Å². The molecule has 15 heavy (non-hydrogen) atoms. The lowest BCUT2D eigenvalue weighted by atomic mass is 9.85. The molecule has 0 spiro atoms. The van der Waals surface area contributed by atoms with Gasteiger partial charge in [-0.2, -0.15) is 0 Å². The van der Waals surface area contributed by atoms with E-state index < -0.39 is 0 Å². The maximum Gasteiger partial charge on any atom is 0.0634 e. The second kappa shape index (κ2) is 5.28. The summed E-state index contributed by atoms with van der Waals surface area (Å²) >= 11 is 0. The van der Waals surface area contributed by atoms with Gasteiger partial charge in [-0.15, -0.1) is 0 Å².